The minimum Gasteiger partial charge on any atom is -0.372 e. The molecule has 1 aliphatic carbocycles. The maximum absolute atomic E-state index is 5.84. The van der Waals surface area contributed by atoms with E-state index in [0.29, 0.717) is 0 Å². The third-order valence-corrected chi connectivity index (χ3v) is 6.13. The number of hydrogen-bond donors (Lipinski definition) is 0. The van der Waals surface area contributed by atoms with Gasteiger partial charge in [0, 0.05) is 31.9 Å². The van der Waals surface area contributed by atoms with Crippen molar-refractivity contribution in [3.8, 4) is 0 Å². The average Bonchev–Trinajstić information content (AvgIpc) is 2.61. The van der Waals surface area contributed by atoms with E-state index in [0.717, 1.165) is 37.5 Å². The van der Waals surface area contributed by atoms with E-state index in [1.807, 2.05) is 6.20 Å². The molecule has 3 aliphatic rings. The van der Waals surface area contributed by atoms with Crippen LogP contribution in [0.3, 0.4) is 0 Å². The van der Waals surface area contributed by atoms with Gasteiger partial charge in [0.05, 0.1) is 17.9 Å². The zero-order chi connectivity index (χ0) is 17.2. The number of likely N-dealkylation sites (tertiary alicyclic amines) is 1. The van der Waals surface area contributed by atoms with E-state index in [2.05, 4.69) is 34.7 Å². The van der Waals surface area contributed by atoms with Crippen LogP contribution in [-0.4, -0.2) is 52.8 Å². The third-order valence-electron chi connectivity index (χ3n) is 6.13. The molecule has 0 radical (unpaired) electrons. The van der Waals surface area contributed by atoms with Crippen molar-refractivity contribution in [1.82, 2.24) is 14.9 Å². The fraction of sp³-hybridized carbons (Fsp3) is 0.800. The molecular formula is C20H32N4O. The summed E-state index contributed by atoms with van der Waals surface area (Å²) in [6, 6.07) is 2.88. The molecule has 1 saturated carbocycles. The first-order chi connectivity index (χ1) is 12.2. The van der Waals surface area contributed by atoms with Crippen LogP contribution in [0.4, 0.5) is 5.95 Å². The lowest BCUT2D eigenvalue weighted by molar-refractivity contribution is -0.00575. The topological polar surface area (TPSA) is 41.5 Å². The Labute approximate surface area is 151 Å². The smallest absolute Gasteiger partial charge is 0.225 e. The second kappa shape index (κ2) is 7.58. The van der Waals surface area contributed by atoms with E-state index in [4.69, 9.17) is 9.72 Å². The summed E-state index contributed by atoms with van der Waals surface area (Å²) in [6.45, 7) is 8.22. The maximum Gasteiger partial charge on any atom is 0.225 e. The van der Waals surface area contributed by atoms with Crippen LogP contribution < -0.4 is 4.90 Å². The number of rotatable bonds is 3. The Bertz CT molecular complexity index is 569. The summed E-state index contributed by atoms with van der Waals surface area (Å²) in [6.07, 6.45) is 10.8. The van der Waals surface area contributed by atoms with Gasteiger partial charge >= 0.3 is 0 Å². The molecule has 5 nitrogen and oxygen atoms in total. The molecule has 1 aromatic rings. The van der Waals surface area contributed by atoms with Crippen molar-refractivity contribution in [2.45, 2.75) is 77.2 Å². The zero-order valence-electron chi connectivity index (χ0n) is 15.7. The maximum atomic E-state index is 5.84. The number of nitrogens with zero attached hydrogens (tertiary/aromatic N) is 4. The number of aromatic nitrogens is 2. The normalized spacial score (nSPS) is 33.9. The Morgan fingerprint density at radius 2 is 1.84 bits per heavy atom. The molecule has 4 rings (SSSR count). The van der Waals surface area contributed by atoms with Crippen LogP contribution in [0.15, 0.2) is 12.3 Å². The number of fused-ring (bicyclic) bond motifs is 1. The average molecular weight is 345 g/mol. The van der Waals surface area contributed by atoms with Crippen molar-refractivity contribution >= 4 is 5.95 Å². The molecule has 5 heteroatoms. The van der Waals surface area contributed by atoms with Gasteiger partial charge < -0.3 is 9.64 Å². The van der Waals surface area contributed by atoms with Crippen LogP contribution in [0.2, 0.25) is 0 Å². The Morgan fingerprint density at radius 3 is 2.68 bits per heavy atom. The SMILES string of the molecule is C[C@@H]1CN(c2nccc(CN3CCC[C@@H]4CCCC[C@@H]43)n2)C[C@@H](C)O1. The van der Waals surface area contributed by atoms with Gasteiger partial charge in [-0.1, -0.05) is 12.8 Å². The first kappa shape index (κ1) is 17.2. The minimum atomic E-state index is 0.237. The number of anilines is 1. The lowest BCUT2D eigenvalue weighted by Gasteiger charge is -2.44. The van der Waals surface area contributed by atoms with Crippen molar-refractivity contribution in [2.75, 3.05) is 24.5 Å². The summed E-state index contributed by atoms with van der Waals surface area (Å²) in [4.78, 5) is 14.4. The molecule has 25 heavy (non-hydrogen) atoms. The predicted octanol–water partition coefficient (Wildman–Crippen LogP) is 3.24. The van der Waals surface area contributed by atoms with Gasteiger partial charge in [0.1, 0.15) is 0 Å². The molecule has 0 spiro atoms. The molecule has 0 unspecified atom stereocenters. The Kier molecular flexibility index (Phi) is 5.23. The molecule has 138 valence electrons. The second-order valence-corrected chi connectivity index (χ2v) is 8.23. The summed E-state index contributed by atoms with van der Waals surface area (Å²) in [5.41, 5.74) is 1.17. The molecule has 0 aromatic carbocycles. The number of piperidine rings is 1. The highest BCUT2D eigenvalue weighted by Crippen LogP contribution is 2.35. The van der Waals surface area contributed by atoms with Crippen LogP contribution in [-0.2, 0) is 11.3 Å². The minimum absolute atomic E-state index is 0.237. The van der Waals surface area contributed by atoms with Gasteiger partial charge in [-0.05, 0) is 58.1 Å². The zero-order valence-corrected chi connectivity index (χ0v) is 15.7. The number of ether oxygens (including phenoxy) is 1. The number of hydrogen-bond acceptors (Lipinski definition) is 5. The van der Waals surface area contributed by atoms with E-state index in [1.165, 1.54) is 50.8 Å². The molecule has 0 bridgehead atoms. The number of morpholine rings is 1. The van der Waals surface area contributed by atoms with Crippen molar-refractivity contribution in [1.29, 1.82) is 0 Å². The quantitative estimate of drug-likeness (QED) is 0.842. The largest absolute Gasteiger partial charge is 0.372 e. The van der Waals surface area contributed by atoms with Crippen molar-refractivity contribution in [2.24, 2.45) is 5.92 Å². The van der Waals surface area contributed by atoms with E-state index in [-0.39, 0.29) is 12.2 Å². The Balaban J connectivity index is 1.46. The van der Waals surface area contributed by atoms with Crippen LogP contribution in [0.25, 0.3) is 0 Å². The highest BCUT2D eigenvalue weighted by molar-refractivity contribution is 5.31. The summed E-state index contributed by atoms with van der Waals surface area (Å²) in [5, 5.41) is 0. The summed E-state index contributed by atoms with van der Waals surface area (Å²) in [7, 11) is 0. The van der Waals surface area contributed by atoms with E-state index >= 15 is 0 Å². The van der Waals surface area contributed by atoms with Gasteiger partial charge in [-0.3, -0.25) is 4.90 Å². The molecule has 4 atom stereocenters. The van der Waals surface area contributed by atoms with Crippen molar-refractivity contribution < 1.29 is 4.74 Å². The van der Waals surface area contributed by atoms with Crippen molar-refractivity contribution in [3.63, 3.8) is 0 Å². The lowest BCUT2D eigenvalue weighted by atomic mass is 9.78. The predicted molar refractivity (Wildman–Crippen MR) is 99.6 cm³/mol. The van der Waals surface area contributed by atoms with E-state index in [9.17, 15) is 0 Å². The summed E-state index contributed by atoms with van der Waals surface area (Å²) < 4.78 is 5.84. The van der Waals surface area contributed by atoms with Gasteiger partial charge in [0.2, 0.25) is 5.95 Å². The molecule has 1 aromatic heterocycles. The first-order valence-corrected chi connectivity index (χ1v) is 10.2. The standard InChI is InChI=1S/C20H32N4O/c1-15-12-24(13-16(2)25-15)20-21-10-9-18(22-20)14-23-11-5-7-17-6-3-4-8-19(17)23/h9-10,15-17,19H,3-8,11-14H2,1-2H3/t15-,16-,17+,19+/m1/s1. The van der Waals surface area contributed by atoms with Gasteiger partial charge in [-0.15, -0.1) is 0 Å². The molecule has 2 aliphatic heterocycles. The van der Waals surface area contributed by atoms with Crippen LogP contribution in [0.5, 0.6) is 0 Å². The van der Waals surface area contributed by atoms with E-state index in [1.54, 1.807) is 0 Å². The highest BCUT2D eigenvalue weighted by Gasteiger charge is 2.33. The van der Waals surface area contributed by atoms with Gasteiger partial charge in [0.15, 0.2) is 0 Å². The molecule has 3 fully saturated rings. The second-order valence-electron chi connectivity index (χ2n) is 8.23. The van der Waals surface area contributed by atoms with Crippen molar-refractivity contribution in [3.05, 3.63) is 18.0 Å². The monoisotopic (exact) mass is 344 g/mol. The molecule has 3 heterocycles. The Hall–Kier alpha value is -1.20. The Morgan fingerprint density at radius 1 is 1.08 bits per heavy atom. The van der Waals surface area contributed by atoms with Gasteiger partial charge in [-0.25, -0.2) is 9.97 Å². The summed E-state index contributed by atoms with van der Waals surface area (Å²) in [5.74, 6) is 1.79. The van der Waals surface area contributed by atoms with Crippen LogP contribution >= 0.6 is 0 Å². The van der Waals surface area contributed by atoms with Crippen LogP contribution in [0.1, 0.15) is 58.1 Å². The molecule has 2 saturated heterocycles. The third kappa shape index (κ3) is 3.98. The highest BCUT2D eigenvalue weighted by atomic mass is 16.5. The molecule has 0 amide bonds. The van der Waals surface area contributed by atoms with E-state index < -0.39 is 0 Å². The lowest BCUT2D eigenvalue weighted by Crippen LogP contribution is -2.47. The first-order valence-electron chi connectivity index (χ1n) is 10.2. The summed E-state index contributed by atoms with van der Waals surface area (Å²) >= 11 is 0. The molecular weight excluding hydrogens is 312 g/mol. The van der Waals surface area contributed by atoms with Gasteiger partial charge in [0.25, 0.3) is 0 Å². The van der Waals surface area contributed by atoms with Gasteiger partial charge in [-0.2, -0.15) is 0 Å². The molecule has 0 N–H and O–H groups in total. The fourth-order valence-electron chi connectivity index (χ4n) is 5.10. The van der Waals surface area contributed by atoms with Crippen LogP contribution in [0, 0.1) is 5.92 Å². The fourth-order valence-corrected chi connectivity index (χ4v) is 5.10.